The van der Waals surface area contributed by atoms with Gasteiger partial charge in [0.25, 0.3) is 17.4 Å². The summed E-state index contributed by atoms with van der Waals surface area (Å²) in [4.78, 5) is 32.4. The summed E-state index contributed by atoms with van der Waals surface area (Å²) < 4.78 is 80.5. The monoisotopic (exact) mass is 579 g/mol. The van der Waals surface area contributed by atoms with Gasteiger partial charge in [0.2, 0.25) is 0 Å². The summed E-state index contributed by atoms with van der Waals surface area (Å²) in [6.07, 6.45) is -8.89. The van der Waals surface area contributed by atoms with Gasteiger partial charge >= 0.3 is 12.4 Å². The molecule has 2 aromatic rings. The van der Waals surface area contributed by atoms with Crippen LogP contribution in [0.2, 0.25) is 0 Å². The number of fused-ring (bicyclic) bond motifs is 2. The average molecular weight is 580 g/mol. The molecule has 7 nitrogen and oxygen atoms in total. The van der Waals surface area contributed by atoms with Crippen LogP contribution < -0.4 is 5.32 Å². The zero-order chi connectivity index (χ0) is 29.1. The van der Waals surface area contributed by atoms with Crippen LogP contribution in [-0.4, -0.2) is 68.5 Å². The van der Waals surface area contributed by atoms with Gasteiger partial charge in [-0.25, -0.2) is 4.98 Å². The molecule has 0 unspecified atom stereocenters. The van der Waals surface area contributed by atoms with Crippen molar-refractivity contribution in [1.29, 1.82) is 0 Å². The molecule has 14 heteroatoms. The van der Waals surface area contributed by atoms with Crippen molar-refractivity contribution in [2.45, 2.75) is 82.1 Å². The Kier molecular flexibility index (Phi) is 7.31. The van der Waals surface area contributed by atoms with E-state index in [0.29, 0.717) is 12.1 Å². The number of nitrogens with one attached hydrogen (secondary N) is 1. The van der Waals surface area contributed by atoms with Crippen molar-refractivity contribution in [2.24, 2.45) is 0 Å². The SMILES string of the molecule is Cc1cc(C(O)(C(F)(F)F)C(F)(F)F)ccc1-c1sc(C(=O)NCC(C)(C)O)nc1C(=O)N1C2CCC1CC2. The number of carbonyl (C=O) groups is 2. The predicted molar refractivity (Wildman–Crippen MR) is 129 cm³/mol. The van der Waals surface area contributed by atoms with Crippen molar-refractivity contribution >= 4 is 23.2 Å². The van der Waals surface area contributed by atoms with E-state index in [4.69, 9.17) is 0 Å². The second-order valence-corrected chi connectivity index (χ2v) is 11.6. The van der Waals surface area contributed by atoms with Crippen LogP contribution in [0.1, 0.15) is 70.9 Å². The molecule has 0 spiro atoms. The van der Waals surface area contributed by atoms with E-state index in [9.17, 15) is 46.1 Å². The lowest BCUT2D eigenvalue weighted by molar-refractivity contribution is -0.376. The molecule has 1 aromatic heterocycles. The second kappa shape index (κ2) is 9.73. The number of aryl methyl sites for hydroxylation is 1. The topological polar surface area (TPSA) is 103 Å². The molecule has 2 bridgehead atoms. The third kappa shape index (κ3) is 5.25. The van der Waals surface area contributed by atoms with Gasteiger partial charge in [0.05, 0.1) is 10.5 Å². The Balaban J connectivity index is 1.79. The first kappa shape index (κ1) is 29.3. The van der Waals surface area contributed by atoms with Gasteiger partial charge in [-0.3, -0.25) is 9.59 Å². The summed E-state index contributed by atoms with van der Waals surface area (Å²) in [5.41, 5.74) is -7.91. The van der Waals surface area contributed by atoms with Gasteiger partial charge in [0.15, 0.2) is 5.01 Å². The van der Waals surface area contributed by atoms with Crippen molar-refractivity contribution in [3.05, 3.63) is 40.0 Å². The van der Waals surface area contributed by atoms with E-state index in [0.717, 1.165) is 43.1 Å². The maximum absolute atomic E-state index is 13.6. The average Bonchev–Trinajstić information content (AvgIpc) is 3.54. The highest BCUT2D eigenvalue weighted by Gasteiger charge is 2.71. The summed E-state index contributed by atoms with van der Waals surface area (Å²) >= 11 is 0.761. The number of halogens is 6. The molecular weight excluding hydrogens is 552 g/mol. The fourth-order valence-corrected chi connectivity index (χ4v) is 6.18. The Morgan fingerprint density at radius 3 is 2.03 bits per heavy atom. The summed E-state index contributed by atoms with van der Waals surface area (Å²) in [6, 6.07) is 2.00. The van der Waals surface area contributed by atoms with Crippen molar-refractivity contribution in [2.75, 3.05) is 6.54 Å². The Morgan fingerprint density at radius 2 is 1.56 bits per heavy atom. The van der Waals surface area contributed by atoms with Gasteiger partial charge in [0, 0.05) is 24.2 Å². The van der Waals surface area contributed by atoms with E-state index < -0.39 is 40.9 Å². The van der Waals surface area contributed by atoms with Crippen molar-refractivity contribution in [3.8, 4) is 10.4 Å². The van der Waals surface area contributed by atoms with Crippen LogP contribution in [0, 0.1) is 6.92 Å². The van der Waals surface area contributed by atoms with Crippen LogP contribution in [-0.2, 0) is 5.60 Å². The minimum absolute atomic E-state index is 0.0124. The number of aliphatic hydroxyl groups is 2. The molecule has 0 saturated carbocycles. The molecule has 0 radical (unpaired) electrons. The lowest BCUT2D eigenvalue weighted by atomic mass is 9.89. The smallest absolute Gasteiger partial charge is 0.389 e. The third-order valence-electron chi connectivity index (χ3n) is 7.10. The summed E-state index contributed by atoms with van der Waals surface area (Å²) in [7, 11) is 0. The number of alkyl halides is 6. The van der Waals surface area contributed by atoms with Crippen LogP contribution in [0.4, 0.5) is 26.3 Å². The van der Waals surface area contributed by atoms with Crippen LogP contribution >= 0.6 is 11.3 Å². The number of nitrogens with zero attached hydrogens (tertiary/aromatic N) is 2. The third-order valence-corrected chi connectivity index (χ3v) is 8.19. The van der Waals surface area contributed by atoms with Crippen LogP contribution in [0.15, 0.2) is 18.2 Å². The Hall–Kier alpha value is -2.71. The summed E-state index contributed by atoms with van der Waals surface area (Å²) in [5, 5.41) is 22.1. The van der Waals surface area contributed by atoms with Crippen molar-refractivity contribution < 1.29 is 46.1 Å². The lowest BCUT2D eigenvalue weighted by Gasteiger charge is -2.33. The zero-order valence-corrected chi connectivity index (χ0v) is 22.0. The van der Waals surface area contributed by atoms with Gasteiger partial charge in [-0.05, 0) is 57.6 Å². The number of hydrogen-bond donors (Lipinski definition) is 3. The zero-order valence-electron chi connectivity index (χ0n) is 21.2. The van der Waals surface area contributed by atoms with E-state index in [1.54, 1.807) is 4.90 Å². The van der Waals surface area contributed by atoms with Gasteiger partial charge in [-0.1, -0.05) is 18.2 Å². The van der Waals surface area contributed by atoms with Crippen LogP contribution in [0.5, 0.6) is 0 Å². The lowest BCUT2D eigenvalue weighted by Crippen LogP contribution is -2.53. The first-order valence-electron chi connectivity index (χ1n) is 12.2. The van der Waals surface area contributed by atoms with E-state index in [1.165, 1.54) is 20.8 Å². The number of carbonyl (C=O) groups excluding carboxylic acids is 2. The molecule has 3 heterocycles. The van der Waals surface area contributed by atoms with Crippen molar-refractivity contribution in [1.82, 2.24) is 15.2 Å². The molecule has 0 atom stereocenters. The molecule has 2 saturated heterocycles. The largest absolute Gasteiger partial charge is 0.430 e. The highest BCUT2D eigenvalue weighted by atomic mass is 32.1. The molecular formula is C25H27F6N3O4S. The summed E-state index contributed by atoms with van der Waals surface area (Å²) in [5.74, 6) is -1.18. The Labute approximate surface area is 223 Å². The second-order valence-electron chi connectivity index (χ2n) is 10.6. The standard InChI is InChI=1S/C25H27F6N3O4S/c1-12-10-13(23(38,24(26,27)28)25(29,30)31)4-9-16(12)18-17(21(36)34-14-5-6-15(34)8-7-14)33-20(39-18)19(35)32-11-22(2,3)37/h4,9-10,14-15,37-38H,5-8,11H2,1-3H3,(H,32,35). The first-order valence-corrected chi connectivity index (χ1v) is 13.0. The van der Waals surface area contributed by atoms with Gasteiger partial charge in [0.1, 0.15) is 5.69 Å². The highest BCUT2D eigenvalue weighted by molar-refractivity contribution is 7.17. The van der Waals surface area contributed by atoms with E-state index in [-0.39, 0.29) is 45.3 Å². The Morgan fingerprint density at radius 1 is 1.03 bits per heavy atom. The minimum atomic E-state index is -6.05. The molecule has 39 heavy (non-hydrogen) atoms. The van der Waals surface area contributed by atoms with Crippen LogP contribution in [0.3, 0.4) is 0 Å². The number of hydrogen-bond acceptors (Lipinski definition) is 6. The molecule has 2 fully saturated rings. The molecule has 214 valence electrons. The van der Waals surface area contributed by atoms with E-state index >= 15 is 0 Å². The fourth-order valence-electron chi connectivity index (χ4n) is 5.12. The normalized spacial score (nSPS) is 20.0. The molecule has 2 aliphatic heterocycles. The fraction of sp³-hybridized carbons (Fsp3) is 0.560. The van der Waals surface area contributed by atoms with Gasteiger partial charge in [-0.15, -0.1) is 11.3 Å². The maximum Gasteiger partial charge on any atom is 0.430 e. The van der Waals surface area contributed by atoms with Gasteiger partial charge in [-0.2, -0.15) is 26.3 Å². The molecule has 0 aliphatic carbocycles. The molecule has 3 N–H and O–H groups in total. The first-order chi connectivity index (χ1) is 17.8. The number of amides is 2. The number of rotatable bonds is 6. The Bertz CT molecular complexity index is 1250. The van der Waals surface area contributed by atoms with E-state index in [2.05, 4.69) is 10.3 Å². The summed E-state index contributed by atoms with van der Waals surface area (Å²) in [6.45, 7) is 4.04. The molecule has 1 aromatic carbocycles. The quantitative estimate of drug-likeness (QED) is 0.431. The van der Waals surface area contributed by atoms with Crippen LogP contribution in [0.25, 0.3) is 10.4 Å². The van der Waals surface area contributed by atoms with Crippen molar-refractivity contribution in [3.63, 3.8) is 0 Å². The molecule has 2 aliphatic rings. The number of thiazole rings is 1. The highest BCUT2D eigenvalue weighted by Crippen LogP contribution is 2.51. The van der Waals surface area contributed by atoms with E-state index in [1.807, 2.05) is 0 Å². The van der Waals surface area contributed by atoms with Gasteiger partial charge < -0.3 is 20.4 Å². The minimum Gasteiger partial charge on any atom is -0.389 e. The maximum atomic E-state index is 13.6. The number of aromatic nitrogens is 1. The molecule has 4 rings (SSSR count). The number of benzene rings is 1. The predicted octanol–water partition coefficient (Wildman–Crippen LogP) is 4.70. The molecule has 2 amide bonds.